The molecule has 0 aromatic heterocycles. The summed E-state index contributed by atoms with van der Waals surface area (Å²) in [5.41, 5.74) is 5.80. The number of halogens is 3. The Hall–Kier alpha value is -1.25. The fourth-order valence-corrected chi connectivity index (χ4v) is 2.62. The van der Waals surface area contributed by atoms with Crippen LogP contribution in [0.1, 0.15) is 31.4 Å². The monoisotopic (exact) mass is 370 g/mol. The number of sulfone groups is 1. The van der Waals surface area contributed by atoms with Gasteiger partial charge < -0.3 is 11.1 Å². The van der Waals surface area contributed by atoms with E-state index in [1.165, 1.54) is 6.07 Å². The molecule has 0 aliphatic rings. The van der Waals surface area contributed by atoms with Gasteiger partial charge in [-0.25, -0.2) is 17.2 Å². The van der Waals surface area contributed by atoms with Crippen LogP contribution in [0.5, 0.6) is 0 Å². The maximum Gasteiger partial charge on any atom is 0.237 e. The molecule has 1 aromatic rings. The van der Waals surface area contributed by atoms with Gasteiger partial charge in [0.2, 0.25) is 5.91 Å². The molecule has 5 nitrogen and oxygen atoms in total. The van der Waals surface area contributed by atoms with Gasteiger partial charge >= 0.3 is 0 Å². The Balaban J connectivity index is 0.00000484. The normalized spacial score (nSPS) is 13.8. The van der Waals surface area contributed by atoms with Crippen LogP contribution in [0.4, 0.5) is 8.78 Å². The molecule has 1 rings (SSSR count). The lowest BCUT2D eigenvalue weighted by atomic mass is 10.0. The average Bonchev–Trinajstić information content (AvgIpc) is 2.41. The molecule has 0 aliphatic carbocycles. The molecule has 0 heterocycles. The van der Waals surface area contributed by atoms with Gasteiger partial charge in [-0.15, -0.1) is 12.4 Å². The predicted octanol–water partition coefficient (Wildman–Crippen LogP) is 1.72. The molecule has 1 amide bonds. The third-order valence-corrected chi connectivity index (χ3v) is 4.18. The van der Waals surface area contributed by atoms with Crippen LogP contribution < -0.4 is 11.1 Å². The Morgan fingerprint density at radius 1 is 1.35 bits per heavy atom. The van der Waals surface area contributed by atoms with E-state index in [1.54, 1.807) is 6.92 Å². The summed E-state index contributed by atoms with van der Waals surface area (Å²) < 4.78 is 48.8. The molecule has 0 aliphatic heterocycles. The van der Waals surface area contributed by atoms with E-state index in [9.17, 15) is 22.0 Å². The number of carbonyl (C=O) groups excluding carboxylic acids is 1. The van der Waals surface area contributed by atoms with Crippen molar-refractivity contribution >= 4 is 28.2 Å². The van der Waals surface area contributed by atoms with Crippen LogP contribution in [0.2, 0.25) is 0 Å². The third kappa shape index (κ3) is 7.24. The van der Waals surface area contributed by atoms with Gasteiger partial charge in [-0.05, 0) is 18.9 Å². The van der Waals surface area contributed by atoms with Crippen LogP contribution >= 0.6 is 12.4 Å². The number of benzene rings is 1. The molecule has 0 saturated heterocycles. The van der Waals surface area contributed by atoms with Crippen molar-refractivity contribution in [3.63, 3.8) is 0 Å². The van der Waals surface area contributed by atoms with Gasteiger partial charge in [0.1, 0.15) is 21.5 Å². The summed E-state index contributed by atoms with van der Waals surface area (Å²) >= 11 is 0. The fourth-order valence-electron chi connectivity index (χ4n) is 1.93. The van der Waals surface area contributed by atoms with E-state index in [0.29, 0.717) is 6.42 Å². The Bertz CT molecular complexity index is 641. The lowest BCUT2D eigenvalue weighted by Gasteiger charge is -2.20. The van der Waals surface area contributed by atoms with Crippen molar-refractivity contribution in [1.29, 1.82) is 0 Å². The van der Waals surface area contributed by atoms with Gasteiger partial charge in [0.15, 0.2) is 0 Å². The van der Waals surface area contributed by atoms with E-state index >= 15 is 0 Å². The Morgan fingerprint density at radius 3 is 2.43 bits per heavy atom. The second-order valence-corrected chi connectivity index (χ2v) is 7.42. The second kappa shape index (κ2) is 9.14. The van der Waals surface area contributed by atoms with Crippen LogP contribution in [0, 0.1) is 11.6 Å². The minimum absolute atomic E-state index is 0. The minimum Gasteiger partial charge on any atom is -0.348 e. The molecule has 132 valence electrons. The van der Waals surface area contributed by atoms with Crippen LogP contribution in [0.3, 0.4) is 0 Å². The van der Waals surface area contributed by atoms with E-state index in [-0.39, 0.29) is 30.1 Å². The molecule has 2 atom stereocenters. The topological polar surface area (TPSA) is 89.3 Å². The van der Waals surface area contributed by atoms with E-state index in [4.69, 9.17) is 5.73 Å². The van der Waals surface area contributed by atoms with Crippen molar-refractivity contribution in [2.24, 2.45) is 5.73 Å². The van der Waals surface area contributed by atoms with E-state index in [0.717, 1.165) is 18.4 Å². The molecular weight excluding hydrogens is 350 g/mol. The fraction of sp³-hybridized carbons (Fsp3) is 0.500. The average molecular weight is 371 g/mol. The zero-order valence-electron chi connectivity index (χ0n) is 12.9. The number of nitrogens with one attached hydrogen (secondary N) is 1. The number of nitrogens with two attached hydrogens (primary N) is 1. The zero-order valence-corrected chi connectivity index (χ0v) is 14.5. The Morgan fingerprint density at radius 2 is 1.96 bits per heavy atom. The SMILES string of the molecule is CCC(NC(=O)C(N)CCS(C)(=O)=O)c1ccc(F)cc1F.Cl. The summed E-state index contributed by atoms with van der Waals surface area (Å²) in [6.45, 7) is 1.73. The largest absolute Gasteiger partial charge is 0.348 e. The van der Waals surface area contributed by atoms with Gasteiger partial charge in [0.05, 0.1) is 17.8 Å². The summed E-state index contributed by atoms with van der Waals surface area (Å²) in [6, 6.07) is 1.45. The van der Waals surface area contributed by atoms with Crippen LogP contribution in [-0.4, -0.2) is 32.4 Å². The second-order valence-electron chi connectivity index (χ2n) is 5.16. The first-order chi connectivity index (χ1) is 10.1. The highest BCUT2D eigenvalue weighted by atomic mass is 35.5. The molecule has 0 saturated carbocycles. The van der Waals surface area contributed by atoms with Crippen molar-refractivity contribution in [3.8, 4) is 0 Å². The third-order valence-electron chi connectivity index (χ3n) is 3.20. The van der Waals surface area contributed by atoms with Crippen LogP contribution in [0.15, 0.2) is 18.2 Å². The lowest BCUT2D eigenvalue weighted by Crippen LogP contribution is -2.43. The summed E-state index contributed by atoms with van der Waals surface area (Å²) in [7, 11) is -3.21. The Kier molecular flexibility index (Phi) is 8.65. The Labute approximate surface area is 141 Å². The van der Waals surface area contributed by atoms with Crippen molar-refractivity contribution in [3.05, 3.63) is 35.4 Å². The van der Waals surface area contributed by atoms with Gasteiger partial charge in [-0.2, -0.15) is 0 Å². The van der Waals surface area contributed by atoms with Crippen molar-refractivity contribution in [1.82, 2.24) is 5.32 Å². The number of amides is 1. The first-order valence-electron chi connectivity index (χ1n) is 6.82. The highest BCUT2D eigenvalue weighted by Crippen LogP contribution is 2.21. The quantitative estimate of drug-likeness (QED) is 0.764. The molecule has 2 unspecified atom stereocenters. The molecular formula is C14H21ClF2N2O3S. The van der Waals surface area contributed by atoms with Crippen molar-refractivity contribution in [2.75, 3.05) is 12.0 Å². The summed E-state index contributed by atoms with van der Waals surface area (Å²) in [4.78, 5) is 12.0. The summed E-state index contributed by atoms with van der Waals surface area (Å²) in [5.74, 6) is -2.23. The van der Waals surface area contributed by atoms with Crippen molar-refractivity contribution in [2.45, 2.75) is 31.8 Å². The molecule has 9 heteroatoms. The van der Waals surface area contributed by atoms with Crippen molar-refractivity contribution < 1.29 is 22.0 Å². The first-order valence-corrected chi connectivity index (χ1v) is 8.88. The minimum atomic E-state index is -3.21. The smallest absolute Gasteiger partial charge is 0.237 e. The van der Waals surface area contributed by atoms with Crippen LogP contribution in [0.25, 0.3) is 0 Å². The number of hydrogen-bond donors (Lipinski definition) is 2. The van der Waals surface area contributed by atoms with Gasteiger partial charge in [-0.3, -0.25) is 4.79 Å². The molecule has 3 N–H and O–H groups in total. The molecule has 0 spiro atoms. The lowest BCUT2D eigenvalue weighted by molar-refractivity contribution is -0.123. The first kappa shape index (κ1) is 21.8. The van der Waals surface area contributed by atoms with E-state index in [2.05, 4.69) is 5.32 Å². The van der Waals surface area contributed by atoms with Crippen LogP contribution in [-0.2, 0) is 14.6 Å². The van der Waals surface area contributed by atoms with E-state index in [1.807, 2.05) is 0 Å². The molecule has 0 bridgehead atoms. The number of hydrogen-bond acceptors (Lipinski definition) is 4. The standard InChI is InChI=1S/C14H20F2N2O3S.ClH/c1-3-13(10-5-4-9(15)8-11(10)16)18-14(19)12(17)6-7-22(2,20)21;/h4-5,8,12-13H,3,6-7,17H2,1-2H3,(H,18,19);1H. The predicted molar refractivity (Wildman–Crippen MR) is 87.1 cm³/mol. The molecule has 23 heavy (non-hydrogen) atoms. The van der Waals surface area contributed by atoms with Gasteiger partial charge in [0.25, 0.3) is 0 Å². The summed E-state index contributed by atoms with van der Waals surface area (Å²) in [6.07, 6.45) is 1.42. The highest BCUT2D eigenvalue weighted by molar-refractivity contribution is 7.90. The highest BCUT2D eigenvalue weighted by Gasteiger charge is 2.21. The summed E-state index contributed by atoms with van der Waals surface area (Å²) in [5, 5.41) is 2.56. The number of rotatable bonds is 7. The molecule has 1 aromatic carbocycles. The van der Waals surface area contributed by atoms with Gasteiger partial charge in [0, 0.05) is 17.9 Å². The molecule has 0 fully saturated rings. The maximum atomic E-state index is 13.7. The zero-order chi connectivity index (χ0) is 16.9. The van der Waals surface area contributed by atoms with Gasteiger partial charge in [-0.1, -0.05) is 13.0 Å². The molecule has 0 radical (unpaired) electrons. The maximum absolute atomic E-state index is 13.7. The van der Waals surface area contributed by atoms with E-state index < -0.39 is 39.5 Å². The number of carbonyl (C=O) groups is 1.